The number of hydrogen-bond donors (Lipinski definition) is 0. The first kappa shape index (κ1) is 15.4. The summed E-state index contributed by atoms with van der Waals surface area (Å²) in [6.45, 7) is 1.84. The molecule has 23 heavy (non-hydrogen) atoms. The van der Waals surface area contributed by atoms with Crippen LogP contribution in [0.1, 0.15) is 19.4 Å². The SMILES string of the molecule is CC[C@@H](C(=O)OC)n1cnc2scc(-c3ccccc3)c2c1=O. The minimum absolute atomic E-state index is 0.215. The van der Waals surface area contributed by atoms with Gasteiger partial charge in [-0.2, -0.15) is 0 Å². The van der Waals surface area contributed by atoms with E-state index in [2.05, 4.69) is 4.98 Å². The van der Waals surface area contributed by atoms with E-state index in [1.807, 2.05) is 42.6 Å². The molecule has 0 aliphatic rings. The van der Waals surface area contributed by atoms with E-state index in [1.54, 1.807) is 0 Å². The molecule has 0 amide bonds. The van der Waals surface area contributed by atoms with Crippen molar-refractivity contribution in [1.82, 2.24) is 9.55 Å². The molecule has 0 radical (unpaired) electrons. The highest BCUT2D eigenvalue weighted by Gasteiger charge is 2.23. The van der Waals surface area contributed by atoms with E-state index in [9.17, 15) is 9.59 Å². The van der Waals surface area contributed by atoms with Crippen LogP contribution in [-0.4, -0.2) is 22.6 Å². The number of fused-ring (bicyclic) bond motifs is 1. The molecule has 0 aliphatic heterocycles. The van der Waals surface area contributed by atoms with E-state index in [-0.39, 0.29) is 5.56 Å². The largest absolute Gasteiger partial charge is 0.467 e. The van der Waals surface area contributed by atoms with Crippen molar-refractivity contribution in [3.63, 3.8) is 0 Å². The zero-order valence-electron chi connectivity index (χ0n) is 12.9. The van der Waals surface area contributed by atoms with Crippen molar-refractivity contribution in [2.45, 2.75) is 19.4 Å². The Hall–Kier alpha value is -2.47. The summed E-state index contributed by atoms with van der Waals surface area (Å²) in [6.07, 6.45) is 1.89. The number of rotatable bonds is 4. The van der Waals surface area contributed by atoms with Crippen LogP contribution >= 0.6 is 11.3 Å². The highest BCUT2D eigenvalue weighted by Crippen LogP contribution is 2.30. The Morgan fingerprint density at radius 3 is 2.74 bits per heavy atom. The monoisotopic (exact) mass is 328 g/mol. The van der Waals surface area contributed by atoms with Gasteiger partial charge in [-0.3, -0.25) is 9.36 Å². The van der Waals surface area contributed by atoms with Crippen LogP contribution in [0.4, 0.5) is 0 Å². The lowest BCUT2D eigenvalue weighted by Gasteiger charge is -2.15. The highest BCUT2D eigenvalue weighted by atomic mass is 32.1. The molecule has 0 saturated heterocycles. The number of benzene rings is 1. The van der Waals surface area contributed by atoms with E-state index in [0.29, 0.717) is 16.6 Å². The Morgan fingerprint density at radius 1 is 1.35 bits per heavy atom. The summed E-state index contributed by atoms with van der Waals surface area (Å²) in [7, 11) is 1.32. The normalized spacial score (nSPS) is 12.3. The highest BCUT2D eigenvalue weighted by molar-refractivity contribution is 7.17. The molecule has 0 spiro atoms. The van der Waals surface area contributed by atoms with Crippen molar-refractivity contribution in [1.29, 1.82) is 0 Å². The maximum absolute atomic E-state index is 12.9. The van der Waals surface area contributed by atoms with Gasteiger partial charge in [-0.05, 0) is 12.0 Å². The second-order valence-corrected chi connectivity index (χ2v) is 5.96. The van der Waals surface area contributed by atoms with Gasteiger partial charge in [0.2, 0.25) is 0 Å². The molecule has 3 aromatic rings. The van der Waals surface area contributed by atoms with Crippen LogP contribution in [-0.2, 0) is 9.53 Å². The maximum Gasteiger partial charge on any atom is 0.329 e. The Balaban J connectivity index is 2.23. The van der Waals surface area contributed by atoms with E-state index in [1.165, 1.54) is 29.3 Å². The van der Waals surface area contributed by atoms with Crippen LogP contribution in [0.3, 0.4) is 0 Å². The van der Waals surface area contributed by atoms with Crippen LogP contribution < -0.4 is 5.56 Å². The first-order chi connectivity index (χ1) is 11.2. The molecule has 0 N–H and O–H groups in total. The van der Waals surface area contributed by atoms with Gasteiger partial charge in [-0.15, -0.1) is 11.3 Å². The Bertz CT molecular complexity index is 899. The fourth-order valence-electron chi connectivity index (χ4n) is 2.61. The predicted molar refractivity (Wildman–Crippen MR) is 90.7 cm³/mol. The number of methoxy groups -OCH3 is 1. The predicted octanol–water partition coefficient (Wildman–Crippen LogP) is 3.25. The minimum atomic E-state index is -0.659. The molecule has 6 heteroatoms. The second kappa shape index (κ2) is 6.34. The van der Waals surface area contributed by atoms with Crippen LogP contribution in [0.5, 0.6) is 0 Å². The summed E-state index contributed by atoms with van der Waals surface area (Å²) in [5.74, 6) is -0.438. The molecule has 2 heterocycles. The molecule has 0 saturated carbocycles. The van der Waals surface area contributed by atoms with Crippen LogP contribution in [0.15, 0.2) is 46.8 Å². The molecule has 118 valence electrons. The number of hydrogen-bond acceptors (Lipinski definition) is 5. The third-order valence-corrected chi connectivity index (χ3v) is 4.69. The molecule has 0 bridgehead atoms. The topological polar surface area (TPSA) is 61.2 Å². The average molecular weight is 328 g/mol. The molecule has 0 unspecified atom stereocenters. The van der Waals surface area contributed by atoms with Crippen molar-refractivity contribution in [3.8, 4) is 11.1 Å². The summed E-state index contributed by atoms with van der Waals surface area (Å²) in [5, 5.41) is 2.48. The molecule has 2 aromatic heterocycles. The van der Waals surface area contributed by atoms with Gasteiger partial charge in [0.15, 0.2) is 0 Å². The summed E-state index contributed by atoms with van der Waals surface area (Å²) in [6, 6.07) is 9.03. The molecule has 1 atom stereocenters. The van der Waals surface area contributed by atoms with Gasteiger partial charge in [0, 0.05) is 10.9 Å². The number of nitrogens with zero attached hydrogens (tertiary/aromatic N) is 2. The summed E-state index contributed by atoms with van der Waals surface area (Å²) in [5.41, 5.74) is 1.59. The Morgan fingerprint density at radius 2 is 2.09 bits per heavy atom. The second-order valence-electron chi connectivity index (χ2n) is 5.10. The maximum atomic E-state index is 12.9. The lowest BCUT2D eigenvalue weighted by Crippen LogP contribution is -2.30. The standard InChI is InChI=1S/C17H16N2O3S/c1-3-13(17(21)22-2)19-10-18-15-14(16(19)20)12(9-23-15)11-7-5-4-6-8-11/h4-10,13H,3H2,1-2H3/t13-/m0/s1. The Kier molecular flexibility index (Phi) is 4.25. The number of carbonyl (C=O) groups excluding carboxylic acids is 1. The van der Waals surface area contributed by atoms with Gasteiger partial charge < -0.3 is 4.74 Å². The van der Waals surface area contributed by atoms with E-state index in [0.717, 1.165) is 11.1 Å². The van der Waals surface area contributed by atoms with E-state index < -0.39 is 12.0 Å². The molecule has 5 nitrogen and oxygen atoms in total. The van der Waals surface area contributed by atoms with Crippen molar-refractivity contribution >= 4 is 27.5 Å². The number of carbonyl (C=O) groups is 1. The first-order valence-corrected chi connectivity index (χ1v) is 8.17. The fourth-order valence-corrected chi connectivity index (χ4v) is 3.52. The minimum Gasteiger partial charge on any atom is -0.467 e. The van der Waals surface area contributed by atoms with Crippen molar-refractivity contribution in [2.75, 3.05) is 7.11 Å². The number of esters is 1. The van der Waals surface area contributed by atoms with Crippen LogP contribution in [0.2, 0.25) is 0 Å². The smallest absolute Gasteiger partial charge is 0.329 e. The molecule has 3 rings (SSSR count). The van der Waals surface area contributed by atoms with Crippen molar-refractivity contribution < 1.29 is 9.53 Å². The van der Waals surface area contributed by atoms with Crippen molar-refractivity contribution in [2.24, 2.45) is 0 Å². The lowest BCUT2D eigenvalue weighted by atomic mass is 10.1. The van der Waals surface area contributed by atoms with Gasteiger partial charge in [-0.25, -0.2) is 9.78 Å². The molecular formula is C17H16N2O3S. The summed E-state index contributed by atoms with van der Waals surface area (Å²) in [4.78, 5) is 29.9. The van der Waals surface area contributed by atoms with Gasteiger partial charge in [0.1, 0.15) is 10.9 Å². The number of thiophene rings is 1. The van der Waals surface area contributed by atoms with Crippen LogP contribution in [0.25, 0.3) is 21.3 Å². The van der Waals surface area contributed by atoms with Gasteiger partial charge in [-0.1, -0.05) is 37.3 Å². The zero-order chi connectivity index (χ0) is 16.4. The van der Waals surface area contributed by atoms with E-state index >= 15 is 0 Å². The lowest BCUT2D eigenvalue weighted by molar-refractivity contribution is -0.144. The zero-order valence-corrected chi connectivity index (χ0v) is 13.7. The van der Waals surface area contributed by atoms with Gasteiger partial charge in [0.05, 0.1) is 18.8 Å². The average Bonchev–Trinajstić information content (AvgIpc) is 3.03. The third kappa shape index (κ3) is 2.66. The summed E-state index contributed by atoms with van der Waals surface area (Å²) < 4.78 is 6.17. The quantitative estimate of drug-likeness (QED) is 0.690. The number of ether oxygens (including phenoxy) is 1. The third-order valence-electron chi connectivity index (χ3n) is 3.80. The fraction of sp³-hybridized carbons (Fsp3) is 0.235. The summed E-state index contributed by atoms with van der Waals surface area (Å²) >= 11 is 1.42. The van der Waals surface area contributed by atoms with Gasteiger partial charge in [0.25, 0.3) is 5.56 Å². The van der Waals surface area contributed by atoms with Crippen LogP contribution in [0, 0.1) is 0 Å². The Labute approximate surface area is 137 Å². The molecule has 0 fully saturated rings. The van der Waals surface area contributed by atoms with Crippen molar-refractivity contribution in [3.05, 3.63) is 52.4 Å². The molecule has 1 aromatic carbocycles. The van der Waals surface area contributed by atoms with E-state index in [4.69, 9.17) is 4.74 Å². The number of aromatic nitrogens is 2. The molecular weight excluding hydrogens is 312 g/mol. The molecule has 0 aliphatic carbocycles. The van der Waals surface area contributed by atoms with Gasteiger partial charge >= 0.3 is 5.97 Å². The first-order valence-electron chi connectivity index (χ1n) is 7.29.